The fraction of sp³-hybridized carbons (Fsp3) is 0.531. The van der Waals surface area contributed by atoms with E-state index >= 15 is 0 Å². The third-order valence-corrected chi connectivity index (χ3v) is 7.88. The molecule has 9 heteroatoms. The van der Waals surface area contributed by atoms with E-state index in [2.05, 4.69) is 20.8 Å². The number of likely N-dealkylation sites (tertiary alicyclic amines) is 1. The van der Waals surface area contributed by atoms with Gasteiger partial charge in [0.1, 0.15) is 23.7 Å². The Morgan fingerprint density at radius 3 is 2.29 bits per heavy atom. The maximum absolute atomic E-state index is 14.2. The second kappa shape index (κ2) is 12.1. The van der Waals surface area contributed by atoms with Gasteiger partial charge >= 0.3 is 5.97 Å². The number of hydrogen-bond acceptors (Lipinski definition) is 6. The van der Waals surface area contributed by atoms with E-state index in [-0.39, 0.29) is 23.7 Å². The lowest BCUT2D eigenvalue weighted by Gasteiger charge is -2.33. The van der Waals surface area contributed by atoms with Crippen molar-refractivity contribution in [1.82, 2.24) is 4.90 Å². The number of carbonyl (C=O) groups excluding carboxylic acids is 2. The molecule has 0 bridgehead atoms. The zero-order chi connectivity index (χ0) is 30.1. The molecule has 2 aromatic carbocycles. The second-order valence-electron chi connectivity index (χ2n) is 12.3. The highest BCUT2D eigenvalue weighted by Crippen LogP contribution is 2.45. The average Bonchev–Trinajstić information content (AvgIpc) is 3.02. The second-order valence-corrected chi connectivity index (χ2v) is 12.3. The summed E-state index contributed by atoms with van der Waals surface area (Å²) in [5, 5.41) is 9.36. The van der Waals surface area contributed by atoms with Crippen LogP contribution in [0.2, 0.25) is 0 Å². The predicted octanol–water partition coefficient (Wildman–Crippen LogP) is 4.90. The van der Waals surface area contributed by atoms with Crippen molar-refractivity contribution in [3.63, 3.8) is 0 Å². The number of methoxy groups -OCH3 is 2. The van der Waals surface area contributed by atoms with Gasteiger partial charge in [-0.2, -0.15) is 0 Å². The number of aliphatic carboxylic acids is 1. The van der Waals surface area contributed by atoms with Gasteiger partial charge < -0.3 is 29.1 Å². The van der Waals surface area contributed by atoms with Crippen LogP contribution in [0.3, 0.4) is 0 Å². The van der Waals surface area contributed by atoms with Crippen molar-refractivity contribution in [2.75, 3.05) is 38.8 Å². The molecule has 2 aliphatic heterocycles. The van der Waals surface area contributed by atoms with Gasteiger partial charge in [0.15, 0.2) is 0 Å². The van der Waals surface area contributed by atoms with Gasteiger partial charge in [-0.15, -0.1) is 0 Å². The SMILES string of the molecule is COc1ccc([C@@H]2O[C@@H](CC(=O)N3CCC(C(=O)O)CC3)C(=O)N(CC(C)(C)C)c3ccc(C)cc32)c(OC)c1C. The van der Waals surface area contributed by atoms with Gasteiger partial charge in [-0.3, -0.25) is 14.4 Å². The molecule has 2 aromatic rings. The van der Waals surface area contributed by atoms with Crippen molar-refractivity contribution in [3.05, 3.63) is 52.6 Å². The van der Waals surface area contributed by atoms with Gasteiger partial charge in [0.2, 0.25) is 5.91 Å². The molecule has 1 N–H and O–H groups in total. The maximum Gasteiger partial charge on any atom is 0.306 e. The van der Waals surface area contributed by atoms with Gasteiger partial charge in [-0.05, 0) is 50.3 Å². The summed E-state index contributed by atoms with van der Waals surface area (Å²) in [6, 6.07) is 9.71. The molecular formula is C32H42N2O7. The van der Waals surface area contributed by atoms with Crippen molar-refractivity contribution in [3.8, 4) is 11.5 Å². The van der Waals surface area contributed by atoms with E-state index in [1.165, 1.54) is 0 Å². The van der Waals surface area contributed by atoms with Crippen LogP contribution in [0.5, 0.6) is 11.5 Å². The number of benzene rings is 2. The highest BCUT2D eigenvalue weighted by Gasteiger charge is 2.41. The average molecular weight is 567 g/mol. The molecule has 41 heavy (non-hydrogen) atoms. The lowest BCUT2D eigenvalue weighted by atomic mass is 9.93. The number of aryl methyl sites for hydroxylation is 1. The molecule has 2 aliphatic rings. The monoisotopic (exact) mass is 566 g/mol. The summed E-state index contributed by atoms with van der Waals surface area (Å²) in [4.78, 5) is 42.6. The number of carboxylic acid groups (broad SMARTS) is 1. The van der Waals surface area contributed by atoms with E-state index < -0.39 is 24.1 Å². The smallest absolute Gasteiger partial charge is 0.306 e. The summed E-state index contributed by atoms with van der Waals surface area (Å²) in [6.45, 7) is 11.2. The molecule has 0 saturated carbocycles. The number of carboxylic acids is 1. The van der Waals surface area contributed by atoms with Crippen LogP contribution in [0.25, 0.3) is 0 Å². The number of carbonyl (C=O) groups is 3. The summed E-state index contributed by atoms with van der Waals surface area (Å²) in [7, 11) is 3.20. The molecule has 0 aliphatic carbocycles. The number of ether oxygens (including phenoxy) is 3. The summed E-state index contributed by atoms with van der Waals surface area (Å²) >= 11 is 0. The largest absolute Gasteiger partial charge is 0.496 e. The molecule has 222 valence electrons. The van der Waals surface area contributed by atoms with Crippen molar-refractivity contribution in [1.29, 1.82) is 0 Å². The topological polar surface area (TPSA) is 106 Å². The Kier molecular flexibility index (Phi) is 8.97. The zero-order valence-electron chi connectivity index (χ0n) is 25.2. The van der Waals surface area contributed by atoms with Gasteiger partial charge in [0.25, 0.3) is 5.91 Å². The number of anilines is 1. The van der Waals surface area contributed by atoms with Crippen molar-refractivity contribution < 1.29 is 33.7 Å². The minimum Gasteiger partial charge on any atom is -0.496 e. The highest BCUT2D eigenvalue weighted by molar-refractivity contribution is 6.00. The van der Waals surface area contributed by atoms with Gasteiger partial charge in [-0.1, -0.05) is 38.5 Å². The predicted molar refractivity (Wildman–Crippen MR) is 156 cm³/mol. The molecule has 2 heterocycles. The first-order valence-corrected chi connectivity index (χ1v) is 14.1. The lowest BCUT2D eigenvalue weighted by molar-refractivity contribution is -0.148. The number of amides is 2. The van der Waals surface area contributed by atoms with E-state index in [4.69, 9.17) is 14.2 Å². The Balaban J connectivity index is 1.78. The fourth-order valence-corrected chi connectivity index (χ4v) is 5.79. The molecule has 0 spiro atoms. The van der Waals surface area contributed by atoms with E-state index in [0.29, 0.717) is 44.0 Å². The molecule has 9 nitrogen and oxygen atoms in total. The third kappa shape index (κ3) is 6.50. The minimum atomic E-state index is -1.05. The Bertz CT molecular complexity index is 1310. The lowest BCUT2D eigenvalue weighted by Crippen LogP contribution is -2.47. The van der Waals surface area contributed by atoms with Crippen LogP contribution in [0.15, 0.2) is 30.3 Å². The van der Waals surface area contributed by atoms with Gasteiger partial charge in [-0.25, -0.2) is 0 Å². The molecule has 1 fully saturated rings. The molecule has 0 radical (unpaired) electrons. The van der Waals surface area contributed by atoms with Gasteiger partial charge in [0, 0.05) is 42.0 Å². The van der Waals surface area contributed by atoms with Crippen LogP contribution >= 0.6 is 0 Å². The first-order valence-electron chi connectivity index (χ1n) is 14.1. The fourth-order valence-electron chi connectivity index (χ4n) is 5.79. The van der Waals surface area contributed by atoms with Crippen LogP contribution in [-0.4, -0.2) is 67.7 Å². The molecule has 4 rings (SSSR count). The standard InChI is InChI=1S/C32H42N2O7/c1-19-8-10-24-23(16-19)29(22-9-11-25(39-6)20(2)28(22)40-7)41-26(30(36)34(24)18-32(3,4)5)17-27(35)33-14-12-21(13-15-33)31(37)38/h8-11,16,21,26,29H,12-15,17-18H2,1-7H3,(H,37,38)/t26-,29-/m0/s1. The number of nitrogens with zero attached hydrogens (tertiary/aromatic N) is 2. The number of fused-ring (bicyclic) bond motifs is 1. The van der Waals surface area contributed by atoms with Crippen LogP contribution in [0, 0.1) is 25.2 Å². The van der Waals surface area contributed by atoms with Crippen molar-refractivity contribution in [2.24, 2.45) is 11.3 Å². The van der Waals surface area contributed by atoms with Gasteiger partial charge in [0.05, 0.1) is 26.6 Å². The first kappa shape index (κ1) is 30.4. The van der Waals surface area contributed by atoms with Crippen LogP contribution < -0.4 is 14.4 Å². The third-order valence-electron chi connectivity index (χ3n) is 7.88. The van der Waals surface area contributed by atoms with E-state index in [1.54, 1.807) is 24.0 Å². The van der Waals surface area contributed by atoms with Crippen LogP contribution in [0.4, 0.5) is 5.69 Å². The highest BCUT2D eigenvalue weighted by atomic mass is 16.5. The number of piperidine rings is 1. The summed E-state index contributed by atoms with van der Waals surface area (Å²) in [5.74, 6) is -0.515. The van der Waals surface area contributed by atoms with Crippen LogP contribution in [-0.2, 0) is 19.1 Å². The molecular weight excluding hydrogens is 524 g/mol. The zero-order valence-corrected chi connectivity index (χ0v) is 25.2. The first-order chi connectivity index (χ1) is 19.3. The minimum absolute atomic E-state index is 0.141. The van der Waals surface area contributed by atoms with Crippen molar-refractivity contribution in [2.45, 2.75) is 66.1 Å². The van der Waals surface area contributed by atoms with E-state index in [1.807, 2.05) is 44.2 Å². The number of hydrogen-bond donors (Lipinski definition) is 1. The quantitative estimate of drug-likeness (QED) is 0.508. The molecule has 1 saturated heterocycles. The molecule has 0 unspecified atom stereocenters. The summed E-state index contributed by atoms with van der Waals surface area (Å²) < 4.78 is 18.1. The summed E-state index contributed by atoms with van der Waals surface area (Å²) in [6.07, 6.45) is -1.09. The summed E-state index contributed by atoms with van der Waals surface area (Å²) in [5.41, 5.74) is 3.90. The normalized spacial score (nSPS) is 19.9. The molecule has 2 atom stereocenters. The van der Waals surface area contributed by atoms with Crippen molar-refractivity contribution >= 4 is 23.5 Å². The number of rotatable bonds is 7. The Hall–Kier alpha value is -3.59. The Labute approximate surface area is 242 Å². The van der Waals surface area contributed by atoms with E-state index in [9.17, 15) is 19.5 Å². The Morgan fingerprint density at radius 2 is 1.71 bits per heavy atom. The Morgan fingerprint density at radius 1 is 1.02 bits per heavy atom. The molecule has 2 amide bonds. The maximum atomic E-state index is 14.2. The molecule has 0 aromatic heterocycles. The van der Waals surface area contributed by atoms with Crippen LogP contribution in [0.1, 0.15) is 68.4 Å². The van der Waals surface area contributed by atoms with E-state index in [0.717, 1.165) is 27.9 Å².